The van der Waals surface area contributed by atoms with E-state index < -0.39 is 0 Å². The average Bonchev–Trinajstić information content (AvgIpc) is 3.32. The van der Waals surface area contributed by atoms with Crippen molar-refractivity contribution in [3.05, 3.63) is 40.1 Å². The van der Waals surface area contributed by atoms with E-state index >= 15 is 0 Å². The van der Waals surface area contributed by atoms with E-state index in [1.54, 1.807) is 44.8 Å². The molecule has 0 radical (unpaired) electrons. The Balaban J connectivity index is 1.80. The molecule has 2 heterocycles. The molecule has 7 nitrogen and oxygen atoms in total. The monoisotopic (exact) mass is 447 g/mol. The summed E-state index contributed by atoms with van der Waals surface area (Å²) in [6, 6.07) is 7.66. The van der Waals surface area contributed by atoms with Gasteiger partial charge in [0.05, 0.1) is 27.4 Å². The smallest absolute Gasteiger partial charge is 0.251 e. The number of carbonyl (C=O) groups excluding carboxylic acids is 1. The summed E-state index contributed by atoms with van der Waals surface area (Å²) >= 11 is 1.74. The number of hydrogen-bond donors (Lipinski definition) is 1. The van der Waals surface area contributed by atoms with Crippen molar-refractivity contribution < 1.29 is 19.0 Å². The first kappa shape index (κ1) is 23.4. The Morgan fingerprint density at radius 3 is 2.23 bits per heavy atom. The molecular weight excluding hydrogens is 414 g/mol. The second-order valence-corrected chi connectivity index (χ2v) is 8.59. The van der Waals surface area contributed by atoms with Gasteiger partial charge in [-0.2, -0.15) is 0 Å². The van der Waals surface area contributed by atoms with E-state index in [1.807, 2.05) is 0 Å². The molecule has 0 unspecified atom stereocenters. The van der Waals surface area contributed by atoms with Crippen LogP contribution in [0, 0.1) is 0 Å². The van der Waals surface area contributed by atoms with Crippen LogP contribution in [0.25, 0.3) is 0 Å². The molecule has 1 fully saturated rings. The van der Waals surface area contributed by atoms with Crippen LogP contribution in [-0.2, 0) is 0 Å². The van der Waals surface area contributed by atoms with Gasteiger partial charge in [0.2, 0.25) is 5.75 Å². The molecule has 0 spiro atoms. The van der Waals surface area contributed by atoms with E-state index in [-0.39, 0.29) is 18.0 Å². The maximum Gasteiger partial charge on any atom is 0.251 e. The Kier molecular flexibility index (Phi) is 8.17. The van der Waals surface area contributed by atoms with E-state index in [0.717, 1.165) is 32.7 Å². The minimum atomic E-state index is -0.166. The minimum Gasteiger partial charge on any atom is -0.493 e. The molecule has 8 heteroatoms. The Bertz CT molecular complexity index is 826. The lowest BCUT2D eigenvalue weighted by atomic mass is 10.0. The molecule has 2 atom stereocenters. The van der Waals surface area contributed by atoms with Crippen LogP contribution in [0.2, 0.25) is 0 Å². The lowest BCUT2D eigenvalue weighted by molar-refractivity contribution is 0.0753. The van der Waals surface area contributed by atoms with Crippen LogP contribution in [0.15, 0.2) is 29.6 Å². The molecule has 0 bridgehead atoms. The van der Waals surface area contributed by atoms with Gasteiger partial charge in [-0.3, -0.25) is 9.69 Å². The van der Waals surface area contributed by atoms with E-state index in [9.17, 15) is 4.79 Å². The Morgan fingerprint density at radius 1 is 1.10 bits per heavy atom. The summed E-state index contributed by atoms with van der Waals surface area (Å²) in [6.07, 6.45) is 0. The van der Waals surface area contributed by atoms with Gasteiger partial charge in [-0.15, -0.1) is 11.3 Å². The number of hydrogen-bond acceptors (Lipinski definition) is 7. The third kappa shape index (κ3) is 5.31. The largest absolute Gasteiger partial charge is 0.493 e. The normalized spacial score (nSPS) is 17.1. The molecule has 1 amide bonds. The van der Waals surface area contributed by atoms with Crippen molar-refractivity contribution in [2.45, 2.75) is 25.9 Å². The molecule has 0 saturated carbocycles. The number of rotatable bonds is 9. The highest BCUT2D eigenvalue weighted by Crippen LogP contribution is 2.38. The number of benzene rings is 1. The Morgan fingerprint density at radius 2 is 1.74 bits per heavy atom. The van der Waals surface area contributed by atoms with Crippen LogP contribution in [-0.4, -0.2) is 75.8 Å². The van der Waals surface area contributed by atoms with Crippen molar-refractivity contribution in [2.75, 3.05) is 54.1 Å². The quantitative estimate of drug-likeness (QED) is 0.637. The number of piperazine rings is 1. The van der Waals surface area contributed by atoms with Gasteiger partial charge in [-0.05, 0) is 37.0 Å². The van der Waals surface area contributed by atoms with Gasteiger partial charge in [-0.1, -0.05) is 13.0 Å². The molecule has 31 heavy (non-hydrogen) atoms. The number of ether oxygens (including phenoxy) is 3. The molecule has 2 aromatic rings. The number of carbonyl (C=O) groups is 1. The van der Waals surface area contributed by atoms with E-state index in [4.69, 9.17) is 14.2 Å². The van der Waals surface area contributed by atoms with Gasteiger partial charge < -0.3 is 24.4 Å². The minimum absolute atomic E-state index is 0.0709. The van der Waals surface area contributed by atoms with Crippen LogP contribution >= 0.6 is 11.3 Å². The number of nitrogens with one attached hydrogen (secondary N) is 1. The van der Waals surface area contributed by atoms with Crippen LogP contribution in [0.3, 0.4) is 0 Å². The van der Waals surface area contributed by atoms with E-state index in [1.165, 1.54) is 4.88 Å². The lowest BCUT2D eigenvalue weighted by Crippen LogP contribution is -2.52. The summed E-state index contributed by atoms with van der Waals surface area (Å²) in [7, 11) is 4.64. The molecule has 1 aliphatic heterocycles. The second-order valence-electron chi connectivity index (χ2n) is 7.61. The molecule has 1 saturated heterocycles. The molecule has 1 N–H and O–H groups in total. The zero-order chi connectivity index (χ0) is 22.4. The summed E-state index contributed by atoms with van der Waals surface area (Å²) in [5, 5.41) is 5.30. The summed E-state index contributed by atoms with van der Waals surface area (Å²) in [5.74, 6) is 1.23. The molecule has 1 aromatic heterocycles. The zero-order valence-electron chi connectivity index (χ0n) is 19.0. The predicted octanol–water partition coefficient (Wildman–Crippen LogP) is 3.27. The molecule has 170 valence electrons. The van der Waals surface area contributed by atoms with Crippen molar-refractivity contribution in [2.24, 2.45) is 0 Å². The molecule has 1 aromatic carbocycles. The first-order chi connectivity index (χ1) is 15.0. The molecule has 0 aliphatic carbocycles. The summed E-state index contributed by atoms with van der Waals surface area (Å²) in [5.41, 5.74) is 0.474. The van der Waals surface area contributed by atoms with Gasteiger partial charge in [0.25, 0.3) is 5.91 Å². The fourth-order valence-electron chi connectivity index (χ4n) is 4.14. The fourth-order valence-corrected chi connectivity index (χ4v) is 5.11. The van der Waals surface area contributed by atoms with Crippen LogP contribution in [0.4, 0.5) is 0 Å². The Hall–Kier alpha value is -2.29. The highest BCUT2D eigenvalue weighted by Gasteiger charge is 2.31. The average molecular weight is 448 g/mol. The maximum atomic E-state index is 13.2. The summed E-state index contributed by atoms with van der Waals surface area (Å²) < 4.78 is 16.2. The van der Waals surface area contributed by atoms with Crippen LogP contribution < -0.4 is 19.5 Å². The molecule has 3 rings (SSSR count). The highest BCUT2D eigenvalue weighted by atomic mass is 32.1. The second kappa shape index (κ2) is 10.8. The predicted molar refractivity (Wildman–Crippen MR) is 124 cm³/mol. The third-order valence-corrected chi connectivity index (χ3v) is 6.78. The summed E-state index contributed by atoms with van der Waals surface area (Å²) in [6.45, 7) is 9.42. The topological polar surface area (TPSA) is 63.3 Å². The van der Waals surface area contributed by atoms with Gasteiger partial charge in [0, 0.05) is 42.7 Å². The van der Waals surface area contributed by atoms with Gasteiger partial charge >= 0.3 is 0 Å². The van der Waals surface area contributed by atoms with Crippen molar-refractivity contribution in [1.82, 2.24) is 15.1 Å². The van der Waals surface area contributed by atoms with Gasteiger partial charge in [-0.25, -0.2) is 0 Å². The number of methoxy groups -OCH3 is 3. The van der Waals surface area contributed by atoms with Crippen molar-refractivity contribution >= 4 is 17.2 Å². The molecular formula is C23H33N3O4S. The number of likely N-dealkylation sites (N-methyl/N-ethyl adjacent to an activating group) is 1. The maximum absolute atomic E-state index is 13.2. The zero-order valence-corrected chi connectivity index (χ0v) is 19.8. The SMILES string of the molecule is CCN1CCN([C@H](c2cccs2)[C@@H](C)NC(=O)c2cc(OC)c(OC)c(OC)c2)CC1. The Labute approximate surface area is 188 Å². The van der Waals surface area contributed by atoms with Crippen LogP contribution in [0.5, 0.6) is 17.2 Å². The number of amides is 1. The third-order valence-electron chi connectivity index (χ3n) is 5.84. The fraction of sp³-hybridized carbons (Fsp3) is 0.522. The van der Waals surface area contributed by atoms with E-state index in [2.05, 4.69) is 46.5 Å². The van der Waals surface area contributed by atoms with Gasteiger partial charge in [0.15, 0.2) is 11.5 Å². The van der Waals surface area contributed by atoms with Crippen molar-refractivity contribution in [3.63, 3.8) is 0 Å². The number of nitrogens with zero attached hydrogens (tertiary/aromatic N) is 2. The van der Waals surface area contributed by atoms with Crippen molar-refractivity contribution in [1.29, 1.82) is 0 Å². The molecule has 1 aliphatic rings. The highest BCUT2D eigenvalue weighted by molar-refractivity contribution is 7.10. The van der Waals surface area contributed by atoms with Crippen LogP contribution in [0.1, 0.15) is 35.1 Å². The lowest BCUT2D eigenvalue weighted by Gasteiger charge is -2.41. The van der Waals surface area contributed by atoms with Gasteiger partial charge in [0.1, 0.15) is 0 Å². The first-order valence-corrected chi connectivity index (χ1v) is 11.5. The number of thiophene rings is 1. The summed E-state index contributed by atoms with van der Waals surface area (Å²) in [4.78, 5) is 19.4. The standard InChI is InChI=1S/C23H33N3O4S/c1-6-25-9-11-26(12-10-25)21(20-8-7-13-31-20)16(2)24-23(27)17-14-18(28-3)22(30-5)19(15-17)29-4/h7-8,13-16,21H,6,9-12H2,1-5H3,(H,24,27)/t16-,21+/m1/s1. The first-order valence-electron chi connectivity index (χ1n) is 10.6. The van der Waals surface area contributed by atoms with Crippen molar-refractivity contribution in [3.8, 4) is 17.2 Å². The van der Waals surface area contributed by atoms with E-state index in [0.29, 0.717) is 22.8 Å².